The van der Waals surface area contributed by atoms with Crippen LogP contribution in [-0.2, 0) is 9.84 Å². The number of pyridine rings is 1. The van der Waals surface area contributed by atoms with E-state index in [-0.39, 0.29) is 47.7 Å². The molecule has 2 fully saturated rings. The molecule has 41 heavy (non-hydrogen) atoms. The van der Waals surface area contributed by atoms with E-state index in [1.54, 1.807) is 42.6 Å². The van der Waals surface area contributed by atoms with Crippen molar-refractivity contribution >= 4 is 21.4 Å². The molecule has 220 valence electrons. The molecule has 0 amide bonds. The van der Waals surface area contributed by atoms with E-state index in [1.165, 1.54) is 16.8 Å². The second-order valence-corrected chi connectivity index (χ2v) is 13.7. The normalized spacial score (nSPS) is 19.8. The Morgan fingerprint density at radius 3 is 2.41 bits per heavy atom. The summed E-state index contributed by atoms with van der Waals surface area (Å²) in [5, 5.41) is 4.33. The molecule has 3 heterocycles. The fourth-order valence-corrected chi connectivity index (χ4v) is 6.84. The number of Topliss-reactive ketones (excluding diaryl/α,β-unsaturated/α-hetero) is 1. The second-order valence-electron chi connectivity index (χ2n) is 11.7. The summed E-state index contributed by atoms with van der Waals surface area (Å²) in [6.45, 7) is 6.72. The van der Waals surface area contributed by atoms with E-state index in [0.29, 0.717) is 24.1 Å². The van der Waals surface area contributed by atoms with Gasteiger partial charge in [-0.25, -0.2) is 18.1 Å². The number of carbonyl (C=O) groups is 1. The van der Waals surface area contributed by atoms with Crippen LogP contribution in [0.25, 0.3) is 5.82 Å². The zero-order chi connectivity index (χ0) is 29.6. The van der Waals surface area contributed by atoms with Crippen LogP contribution >= 0.6 is 0 Å². The van der Waals surface area contributed by atoms with Gasteiger partial charge in [-0.3, -0.25) is 4.79 Å². The van der Waals surface area contributed by atoms with Gasteiger partial charge in [0.1, 0.15) is 11.6 Å². The first kappa shape index (κ1) is 29.1. The van der Waals surface area contributed by atoms with Gasteiger partial charge in [0, 0.05) is 24.3 Å². The fraction of sp³-hybridized carbons (Fsp3) is 0.483. The number of halogens is 3. The minimum absolute atomic E-state index is 0.0708. The van der Waals surface area contributed by atoms with Gasteiger partial charge in [-0.2, -0.15) is 13.2 Å². The summed E-state index contributed by atoms with van der Waals surface area (Å²) in [5.74, 6) is -0.0567. The number of ketones is 1. The van der Waals surface area contributed by atoms with Crippen LogP contribution in [0.2, 0.25) is 0 Å². The molecule has 8 nitrogen and oxygen atoms in total. The van der Waals surface area contributed by atoms with Crippen molar-refractivity contribution in [2.45, 2.75) is 63.1 Å². The van der Waals surface area contributed by atoms with Crippen molar-refractivity contribution in [3.05, 3.63) is 60.3 Å². The molecule has 5 rings (SSSR count). The summed E-state index contributed by atoms with van der Waals surface area (Å²) in [6.07, 6.45) is -1.70. The first-order chi connectivity index (χ1) is 19.2. The maximum absolute atomic E-state index is 13.5. The van der Waals surface area contributed by atoms with Crippen LogP contribution in [0, 0.1) is 11.3 Å². The molecule has 2 aromatic heterocycles. The number of anilines is 1. The number of hydrogen-bond donors (Lipinski definition) is 0. The van der Waals surface area contributed by atoms with E-state index < -0.39 is 33.0 Å². The van der Waals surface area contributed by atoms with Crippen LogP contribution in [0.3, 0.4) is 0 Å². The van der Waals surface area contributed by atoms with E-state index in [1.807, 2.05) is 18.7 Å². The lowest BCUT2D eigenvalue weighted by Crippen LogP contribution is -2.40. The molecule has 1 aliphatic heterocycles. The predicted molar refractivity (Wildman–Crippen MR) is 147 cm³/mol. The number of hydrogen-bond acceptors (Lipinski definition) is 7. The lowest BCUT2D eigenvalue weighted by molar-refractivity contribution is -0.190. The molecule has 3 aromatic rings. The minimum atomic E-state index is -4.24. The SMILES string of the molecule is C[C@@H]1CN(c2nc(-n3ccc(OCCC4(C(F)(F)F)CC4)n3)ccc2C(=O)CS(=O)(=O)c2ccccc2)C(C)(C)C1. The molecule has 0 bridgehead atoms. The largest absolute Gasteiger partial charge is 0.477 e. The number of benzene rings is 1. The highest BCUT2D eigenvalue weighted by atomic mass is 32.2. The Bertz CT molecular complexity index is 1530. The molecule has 1 aliphatic carbocycles. The summed E-state index contributed by atoms with van der Waals surface area (Å²) in [6, 6.07) is 12.5. The summed E-state index contributed by atoms with van der Waals surface area (Å²) in [5.41, 5.74) is -1.79. The molecule has 0 spiro atoms. The van der Waals surface area contributed by atoms with E-state index >= 15 is 0 Å². The zero-order valence-corrected chi connectivity index (χ0v) is 24.0. The number of carbonyl (C=O) groups excluding carboxylic acids is 1. The average molecular weight is 591 g/mol. The number of alkyl halides is 3. The standard InChI is InChI=1S/C29H33F3N4O4S/c1-20-17-27(2,3)35(18-20)26-22(23(37)19-41(38,39)21-7-5-4-6-8-21)9-10-24(33-26)36-15-11-25(34-36)40-16-14-28(12-13-28)29(30,31)32/h4-11,15,20H,12-14,16-19H2,1-3H3/t20-/m0/s1. The predicted octanol–water partition coefficient (Wildman–Crippen LogP) is 5.66. The van der Waals surface area contributed by atoms with Crippen LogP contribution in [-0.4, -0.2) is 59.6 Å². The Balaban J connectivity index is 1.40. The zero-order valence-electron chi connectivity index (χ0n) is 23.2. The van der Waals surface area contributed by atoms with E-state index in [0.717, 1.165) is 6.42 Å². The minimum Gasteiger partial charge on any atom is -0.477 e. The Morgan fingerprint density at radius 2 is 1.80 bits per heavy atom. The highest BCUT2D eigenvalue weighted by molar-refractivity contribution is 7.92. The van der Waals surface area contributed by atoms with Crippen molar-refractivity contribution in [2.24, 2.45) is 11.3 Å². The van der Waals surface area contributed by atoms with Gasteiger partial charge >= 0.3 is 6.18 Å². The Kier molecular flexibility index (Phi) is 7.42. The molecule has 1 saturated heterocycles. The molecule has 2 aliphatic rings. The smallest absolute Gasteiger partial charge is 0.394 e. The van der Waals surface area contributed by atoms with E-state index in [4.69, 9.17) is 9.72 Å². The van der Waals surface area contributed by atoms with Crippen molar-refractivity contribution < 1.29 is 31.1 Å². The maximum Gasteiger partial charge on any atom is 0.394 e. The number of rotatable bonds is 10. The van der Waals surface area contributed by atoms with Gasteiger partial charge in [-0.05, 0) is 69.7 Å². The molecule has 1 aromatic carbocycles. The molecular weight excluding hydrogens is 557 g/mol. The monoisotopic (exact) mass is 590 g/mol. The first-order valence-electron chi connectivity index (χ1n) is 13.6. The molecule has 0 radical (unpaired) electrons. The van der Waals surface area contributed by atoms with Gasteiger partial charge < -0.3 is 9.64 Å². The van der Waals surface area contributed by atoms with Gasteiger partial charge in [0.15, 0.2) is 21.4 Å². The second kappa shape index (κ2) is 10.5. The van der Waals surface area contributed by atoms with Crippen molar-refractivity contribution in [3.63, 3.8) is 0 Å². The van der Waals surface area contributed by atoms with Gasteiger partial charge in [0.25, 0.3) is 0 Å². The maximum atomic E-state index is 13.5. The Morgan fingerprint density at radius 1 is 1.10 bits per heavy atom. The molecule has 1 saturated carbocycles. The molecule has 12 heteroatoms. The molecular formula is C29H33F3N4O4S. The third-order valence-electron chi connectivity index (χ3n) is 8.00. The van der Waals surface area contributed by atoms with Crippen molar-refractivity contribution in [2.75, 3.05) is 23.8 Å². The van der Waals surface area contributed by atoms with Gasteiger partial charge in [-0.1, -0.05) is 25.1 Å². The Hall–Kier alpha value is -3.41. The number of aromatic nitrogens is 3. The van der Waals surface area contributed by atoms with Gasteiger partial charge in [0.05, 0.1) is 22.5 Å². The van der Waals surface area contributed by atoms with E-state index in [9.17, 15) is 26.4 Å². The fourth-order valence-electron chi connectivity index (χ4n) is 5.60. The molecule has 0 unspecified atom stereocenters. The Labute approximate surface area is 237 Å². The summed E-state index contributed by atoms with van der Waals surface area (Å²) < 4.78 is 72.6. The van der Waals surface area contributed by atoms with Crippen molar-refractivity contribution in [3.8, 4) is 11.7 Å². The molecule has 0 N–H and O–H groups in total. The van der Waals surface area contributed by atoms with Crippen LogP contribution in [0.4, 0.5) is 19.0 Å². The van der Waals surface area contributed by atoms with Crippen LogP contribution in [0.1, 0.15) is 56.8 Å². The average Bonchev–Trinajstić information content (AvgIpc) is 3.47. The summed E-state index contributed by atoms with van der Waals surface area (Å²) >= 11 is 0. The van der Waals surface area contributed by atoms with Crippen molar-refractivity contribution in [1.29, 1.82) is 0 Å². The highest BCUT2D eigenvalue weighted by Crippen LogP contribution is 2.59. The number of sulfone groups is 1. The molecule has 1 atom stereocenters. The first-order valence-corrected chi connectivity index (χ1v) is 15.2. The topological polar surface area (TPSA) is 94.4 Å². The summed E-state index contributed by atoms with van der Waals surface area (Å²) in [4.78, 5) is 20.3. The van der Waals surface area contributed by atoms with Gasteiger partial charge in [-0.15, -0.1) is 5.10 Å². The number of nitrogens with zero attached hydrogens (tertiary/aromatic N) is 4. The van der Waals surface area contributed by atoms with Gasteiger partial charge in [0.2, 0.25) is 5.88 Å². The third kappa shape index (κ3) is 5.98. The number of ether oxygens (including phenoxy) is 1. The lowest BCUT2D eigenvalue weighted by Gasteiger charge is -2.34. The quantitative estimate of drug-likeness (QED) is 0.281. The van der Waals surface area contributed by atoms with Crippen molar-refractivity contribution in [1.82, 2.24) is 14.8 Å². The third-order valence-corrected chi connectivity index (χ3v) is 9.63. The van der Waals surface area contributed by atoms with E-state index in [2.05, 4.69) is 12.0 Å². The summed E-state index contributed by atoms with van der Waals surface area (Å²) in [7, 11) is -3.87. The van der Waals surface area contributed by atoms with Crippen LogP contribution in [0.5, 0.6) is 5.88 Å². The lowest BCUT2D eigenvalue weighted by atomic mass is 9.97. The van der Waals surface area contributed by atoms with Crippen LogP contribution < -0.4 is 9.64 Å². The van der Waals surface area contributed by atoms with Crippen LogP contribution in [0.15, 0.2) is 59.6 Å². The highest BCUT2D eigenvalue weighted by Gasteiger charge is 2.62.